The third-order valence-electron chi connectivity index (χ3n) is 3.01. The summed E-state index contributed by atoms with van der Waals surface area (Å²) in [7, 11) is 2.14. The molecule has 2 aliphatic heterocycles. The Labute approximate surface area is 72.7 Å². The van der Waals surface area contributed by atoms with E-state index in [1.165, 1.54) is 19.4 Å². The molecule has 0 N–H and O–H groups in total. The summed E-state index contributed by atoms with van der Waals surface area (Å²) in [6.45, 7) is 1.82. The number of nitrogens with zero attached hydrogens (tertiary/aromatic N) is 1. The molecule has 0 aliphatic carbocycles. The van der Waals surface area contributed by atoms with E-state index in [2.05, 4.69) is 11.9 Å². The van der Waals surface area contributed by atoms with E-state index < -0.39 is 0 Å². The molecule has 2 saturated heterocycles. The first-order chi connectivity index (χ1) is 5.77. The van der Waals surface area contributed by atoms with E-state index in [0.717, 1.165) is 0 Å². The Kier molecular flexibility index (Phi) is 2.05. The average molecular weight is 169 g/mol. The smallest absolute Gasteiger partial charge is 0.306 e. The second-order valence-electron chi connectivity index (χ2n) is 3.84. The molecule has 0 aromatic carbocycles. The van der Waals surface area contributed by atoms with Crippen molar-refractivity contribution in [3.63, 3.8) is 0 Å². The highest BCUT2D eigenvalue weighted by molar-refractivity contribution is 5.71. The topological polar surface area (TPSA) is 29.5 Å². The van der Waals surface area contributed by atoms with Crippen LogP contribution in [0.2, 0.25) is 0 Å². The number of hydrogen-bond donors (Lipinski definition) is 0. The molecule has 0 aromatic rings. The summed E-state index contributed by atoms with van der Waals surface area (Å²) in [6, 6.07) is 0.594. The fourth-order valence-electron chi connectivity index (χ4n) is 2.31. The molecule has 0 aromatic heterocycles. The van der Waals surface area contributed by atoms with Crippen LogP contribution in [0.1, 0.15) is 19.3 Å². The number of carbonyl (C=O) groups is 1. The van der Waals surface area contributed by atoms with Crippen LogP contribution in [0, 0.1) is 5.92 Å². The van der Waals surface area contributed by atoms with E-state index in [9.17, 15) is 4.79 Å². The number of esters is 1. The third kappa shape index (κ3) is 1.33. The molecule has 12 heavy (non-hydrogen) atoms. The van der Waals surface area contributed by atoms with Gasteiger partial charge in [0, 0.05) is 12.0 Å². The minimum atomic E-state index is -0.0136. The van der Waals surface area contributed by atoms with Crippen molar-refractivity contribution in [3.05, 3.63) is 0 Å². The number of carbonyl (C=O) groups excluding carboxylic acids is 1. The Hall–Kier alpha value is -0.570. The minimum Gasteiger partial charge on any atom is -0.465 e. The van der Waals surface area contributed by atoms with E-state index in [-0.39, 0.29) is 5.97 Å². The second-order valence-corrected chi connectivity index (χ2v) is 3.84. The molecule has 2 rings (SSSR count). The summed E-state index contributed by atoms with van der Waals surface area (Å²) in [4.78, 5) is 13.2. The first-order valence-corrected chi connectivity index (χ1v) is 4.63. The van der Waals surface area contributed by atoms with E-state index in [4.69, 9.17) is 4.74 Å². The molecule has 2 heterocycles. The van der Waals surface area contributed by atoms with Crippen molar-refractivity contribution < 1.29 is 9.53 Å². The summed E-state index contributed by atoms with van der Waals surface area (Å²) in [6.07, 6.45) is 3.14. The lowest BCUT2D eigenvalue weighted by Crippen LogP contribution is -2.32. The van der Waals surface area contributed by atoms with Crippen molar-refractivity contribution >= 4 is 5.97 Å². The van der Waals surface area contributed by atoms with Gasteiger partial charge in [-0.15, -0.1) is 0 Å². The largest absolute Gasteiger partial charge is 0.465 e. The standard InChI is InChI=1S/C9H15NO2/c1-10-4-2-3-8(10)7-5-9(11)12-6-7/h7-8H,2-6H2,1H3/t7-,8-/m1/s1. The molecule has 2 atom stereocenters. The van der Waals surface area contributed by atoms with Gasteiger partial charge < -0.3 is 9.64 Å². The maximum atomic E-state index is 10.9. The number of likely N-dealkylation sites (tertiary alicyclic amines) is 1. The zero-order chi connectivity index (χ0) is 8.55. The van der Waals surface area contributed by atoms with Crippen molar-refractivity contribution in [3.8, 4) is 0 Å². The van der Waals surface area contributed by atoms with Crippen molar-refractivity contribution in [2.24, 2.45) is 5.92 Å². The van der Waals surface area contributed by atoms with Gasteiger partial charge in [0.2, 0.25) is 0 Å². The Morgan fingerprint density at radius 1 is 1.58 bits per heavy atom. The lowest BCUT2D eigenvalue weighted by molar-refractivity contribution is -0.137. The molecule has 0 bridgehead atoms. The van der Waals surface area contributed by atoms with Gasteiger partial charge in [0.15, 0.2) is 0 Å². The lowest BCUT2D eigenvalue weighted by Gasteiger charge is -2.23. The van der Waals surface area contributed by atoms with Crippen LogP contribution in [0.3, 0.4) is 0 Å². The molecular formula is C9H15NO2. The van der Waals surface area contributed by atoms with Gasteiger partial charge in [-0.1, -0.05) is 0 Å². The highest BCUT2D eigenvalue weighted by Crippen LogP contribution is 2.28. The quantitative estimate of drug-likeness (QED) is 0.540. The highest BCUT2D eigenvalue weighted by Gasteiger charge is 2.35. The maximum absolute atomic E-state index is 10.9. The molecule has 3 nitrogen and oxygen atoms in total. The molecular weight excluding hydrogens is 154 g/mol. The fraction of sp³-hybridized carbons (Fsp3) is 0.889. The molecule has 0 saturated carbocycles. The monoisotopic (exact) mass is 169 g/mol. The van der Waals surface area contributed by atoms with E-state index >= 15 is 0 Å². The number of cyclic esters (lactones) is 1. The van der Waals surface area contributed by atoms with Crippen LogP contribution in [-0.4, -0.2) is 37.1 Å². The Morgan fingerprint density at radius 2 is 2.42 bits per heavy atom. The molecule has 2 fully saturated rings. The van der Waals surface area contributed by atoms with Crippen LogP contribution in [0.25, 0.3) is 0 Å². The van der Waals surface area contributed by atoms with E-state index in [1.54, 1.807) is 0 Å². The van der Waals surface area contributed by atoms with Crippen molar-refractivity contribution in [2.75, 3.05) is 20.2 Å². The van der Waals surface area contributed by atoms with E-state index in [1.807, 2.05) is 0 Å². The summed E-state index contributed by atoms with van der Waals surface area (Å²) in [5, 5.41) is 0. The molecule has 3 heteroatoms. The van der Waals surface area contributed by atoms with Crippen molar-refractivity contribution in [1.82, 2.24) is 4.90 Å². The van der Waals surface area contributed by atoms with Gasteiger partial charge in [0.1, 0.15) is 0 Å². The molecule has 68 valence electrons. The fourth-order valence-corrected chi connectivity index (χ4v) is 2.31. The molecule has 0 radical (unpaired) electrons. The van der Waals surface area contributed by atoms with Gasteiger partial charge in [-0.25, -0.2) is 0 Å². The first-order valence-electron chi connectivity index (χ1n) is 4.63. The van der Waals surface area contributed by atoms with Gasteiger partial charge in [0.25, 0.3) is 0 Å². The molecule has 2 aliphatic rings. The summed E-state index contributed by atoms with van der Waals surface area (Å²) in [5.74, 6) is 0.449. The Balaban J connectivity index is 1.95. The first kappa shape index (κ1) is 8.05. The van der Waals surface area contributed by atoms with Gasteiger partial charge in [-0.05, 0) is 26.4 Å². The number of ether oxygens (including phenoxy) is 1. The maximum Gasteiger partial charge on any atom is 0.306 e. The predicted molar refractivity (Wildman–Crippen MR) is 44.7 cm³/mol. The number of hydrogen-bond acceptors (Lipinski definition) is 3. The van der Waals surface area contributed by atoms with Crippen LogP contribution in [0.4, 0.5) is 0 Å². The highest BCUT2D eigenvalue weighted by atomic mass is 16.5. The van der Waals surface area contributed by atoms with Crippen LogP contribution in [-0.2, 0) is 9.53 Å². The van der Waals surface area contributed by atoms with Crippen LogP contribution < -0.4 is 0 Å². The Morgan fingerprint density at radius 3 is 2.92 bits per heavy atom. The zero-order valence-corrected chi connectivity index (χ0v) is 7.45. The summed E-state index contributed by atoms with van der Waals surface area (Å²) in [5.41, 5.74) is 0. The van der Waals surface area contributed by atoms with Gasteiger partial charge >= 0.3 is 5.97 Å². The zero-order valence-electron chi connectivity index (χ0n) is 7.45. The third-order valence-corrected chi connectivity index (χ3v) is 3.01. The molecule has 0 spiro atoms. The van der Waals surface area contributed by atoms with Gasteiger partial charge in [-0.3, -0.25) is 4.79 Å². The molecule has 0 unspecified atom stereocenters. The normalized spacial score (nSPS) is 37.2. The van der Waals surface area contributed by atoms with Gasteiger partial charge in [-0.2, -0.15) is 0 Å². The second kappa shape index (κ2) is 3.05. The van der Waals surface area contributed by atoms with Crippen molar-refractivity contribution in [1.29, 1.82) is 0 Å². The van der Waals surface area contributed by atoms with Gasteiger partial charge in [0.05, 0.1) is 13.0 Å². The SMILES string of the molecule is CN1CCC[C@@H]1[C@H]1COC(=O)C1. The minimum absolute atomic E-state index is 0.0136. The average Bonchev–Trinajstić information content (AvgIpc) is 2.58. The summed E-state index contributed by atoms with van der Waals surface area (Å²) < 4.78 is 4.96. The summed E-state index contributed by atoms with van der Waals surface area (Å²) >= 11 is 0. The van der Waals surface area contributed by atoms with Crippen molar-refractivity contribution in [2.45, 2.75) is 25.3 Å². The van der Waals surface area contributed by atoms with Crippen LogP contribution >= 0.6 is 0 Å². The number of rotatable bonds is 1. The lowest BCUT2D eigenvalue weighted by atomic mass is 9.97. The molecule has 0 amide bonds. The predicted octanol–water partition coefficient (Wildman–Crippen LogP) is 0.644. The van der Waals surface area contributed by atoms with Crippen LogP contribution in [0.15, 0.2) is 0 Å². The van der Waals surface area contributed by atoms with E-state index in [0.29, 0.717) is 25.0 Å². The van der Waals surface area contributed by atoms with Crippen LogP contribution in [0.5, 0.6) is 0 Å². The Bertz CT molecular complexity index is 193.